The Balaban J connectivity index is 0.000000317. The smallest absolute Gasteiger partial charge is 0.373 e. The molecule has 0 atom stereocenters. The van der Waals surface area contributed by atoms with Crippen molar-refractivity contribution in [3.63, 3.8) is 0 Å². The van der Waals surface area contributed by atoms with Gasteiger partial charge in [-0.1, -0.05) is 190 Å². The highest BCUT2D eigenvalue weighted by Gasteiger charge is 2.57. The molecule has 0 aliphatic heterocycles. The lowest BCUT2D eigenvalue weighted by Crippen LogP contribution is -2.66. The second-order valence-corrected chi connectivity index (χ2v) is 22.6. The van der Waals surface area contributed by atoms with Crippen molar-refractivity contribution in [2.75, 3.05) is 11.8 Å². The summed E-state index contributed by atoms with van der Waals surface area (Å²) in [4.78, 5) is 80.4. The first kappa shape index (κ1) is 68.3. The van der Waals surface area contributed by atoms with Gasteiger partial charge in [-0.25, -0.2) is 6.57 Å². The Hall–Kier alpha value is -6.94. The summed E-state index contributed by atoms with van der Waals surface area (Å²) in [6.45, 7) is 20.3. The number of amides is 1. The van der Waals surface area contributed by atoms with Gasteiger partial charge in [0.2, 0.25) is 5.91 Å². The Labute approximate surface area is 496 Å². The minimum atomic E-state index is -0.980. The van der Waals surface area contributed by atoms with Crippen LogP contribution in [0.4, 0.5) is 0 Å². The van der Waals surface area contributed by atoms with E-state index in [1.807, 2.05) is 166 Å². The van der Waals surface area contributed by atoms with Crippen molar-refractivity contribution in [1.29, 1.82) is 0 Å². The lowest BCUT2D eigenvalue weighted by molar-refractivity contribution is -0.191. The normalized spacial score (nSPS) is 15.1. The van der Waals surface area contributed by atoms with Crippen molar-refractivity contribution >= 4 is 82.0 Å². The SMILES string of the molecule is CC(C)(C)C1CC(C(=O)CC(c2ccccc2)c2ccccc2)(N(Cc2ccc(Cl)cc2)C(=O)CCl)C1.CC(C)(C)OC(=O)C1CC(=O)C1.NCc1ccc(Cl)cc1.O=C(O)CCl.O=C=O.[C-]#[N+]C(c1ccccc1)c1ccccc1. The molecule has 0 unspecified atom stereocenters. The number of carbonyl (C=O) groups excluding carboxylic acids is 6. The zero-order valence-electron chi connectivity index (χ0n) is 46.5. The zero-order chi connectivity index (χ0) is 60.2. The molecule has 16 heteroatoms. The summed E-state index contributed by atoms with van der Waals surface area (Å²) in [5.74, 6) is -1.57. The number of rotatable bonds is 14. The first-order chi connectivity index (χ1) is 38.4. The van der Waals surface area contributed by atoms with E-state index in [1.54, 1.807) is 4.90 Å². The Morgan fingerprint density at radius 3 is 1.38 bits per heavy atom. The standard InChI is InChI=1S/C32H35Cl2NO2.C14H11N.C9H14O3.C7H8ClN.C2H3ClO2.CO2/c1-31(2,3)26-19-32(20-26,35(30(37)21-33)22-23-14-16-27(34)17-15-23)29(36)18-28(24-10-6-4-7-11-24)25-12-8-5-9-13-25;1-15-14(12-8-4-2-5-9-12)13-10-6-3-7-11-13;1-9(2,3)12-8(11)6-4-7(10)5-6;8-7-3-1-6(5-9)2-4-7;3-1-2(4)5;2-1-3/h4-17,26,28H,18-22H2,1-3H3;2-11,14H;6H,4-5H2,1-3H3;1-4H,5,9H2;1H2,(H,4,5);. The second-order valence-electron chi connectivity index (χ2n) is 21.2. The lowest BCUT2D eigenvalue weighted by Gasteiger charge is -2.57. The summed E-state index contributed by atoms with van der Waals surface area (Å²) in [6.07, 6.45) is 2.59. The van der Waals surface area contributed by atoms with E-state index in [-0.39, 0.29) is 64.6 Å². The van der Waals surface area contributed by atoms with E-state index in [4.69, 9.17) is 78.1 Å². The number of hydrogen-bond acceptors (Lipinski definition) is 9. The van der Waals surface area contributed by atoms with Crippen molar-refractivity contribution in [3.05, 3.63) is 225 Å². The monoisotopic (exact) mass is 1180 g/mol. The van der Waals surface area contributed by atoms with Gasteiger partial charge in [-0.3, -0.25) is 24.0 Å². The Morgan fingerprint density at radius 1 is 0.679 bits per heavy atom. The summed E-state index contributed by atoms with van der Waals surface area (Å²) in [5.41, 5.74) is 10.4. The highest BCUT2D eigenvalue weighted by Crippen LogP contribution is 2.53. The van der Waals surface area contributed by atoms with Crippen LogP contribution in [-0.2, 0) is 51.4 Å². The molecule has 0 aromatic heterocycles. The number of aliphatic carboxylic acids is 1. The number of ketones is 2. The van der Waals surface area contributed by atoms with Crippen LogP contribution in [0.1, 0.15) is 119 Å². The van der Waals surface area contributed by atoms with Crippen LogP contribution in [0, 0.1) is 23.8 Å². The topological polar surface area (TPSA) is 183 Å². The number of esters is 1. The number of carbonyl (C=O) groups is 5. The van der Waals surface area contributed by atoms with E-state index >= 15 is 0 Å². The molecule has 428 valence electrons. The van der Waals surface area contributed by atoms with Crippen LogP contribution in [0.2, 0.25) is 10.0 Å². The van der Waals surface area contributed by atoms with Crippen molar-refractivity contribution < 1.29 is 43.4 Å². The second kappa shape index (κ2) is 34.4. The number of ether oxygens (including phenoxy) is 1. The predicted molar refractivity (Wildman–Crippen MR) is 320 cm³/mol. The first-order valence-corrected chi connectivity index (χ1v) is 27.9. The minimum absolute atomic E-state index is 0.0397. The lowest BCUT2D eigenvalue weighted by atomic mass is 9.56. The molecule has 8 rings (SSSR count). The number of carboxylic acid groups (broad SMARTS) is 1. The molecule has 3 N–H and O–H groups in total. The highest BCUT2D eigenvalue weighted by molar-refractivity contribution is 6.31. The van der Waals surface area contributed by atoms with Gasteiger partial charge in [0.25, 0.3) is 6.04 Å². The number of Topliss-reactive ketones (excluding diaryl/α,β-unsaturated/α-hetero) is 2. The third-order valence-electron chi connectivity index (χ3n) is 13.2. The van der Waals surface area contributed by atoms with E-state index in [2.05, 4.69) is 49.9 Å². The molecule has 0 saturated heterocycles. The van der Waals surface area contributed by atoms with E-state index in [1.165, 1.54) is 0 Å². The maximum atomic E-state index is 14.4. The average molecular weight is 1180 g/mol. The third-order valence-corrected chi connectivity index (χ3v) is 14.2. The molecule has 0 spiro atoms. The molecule has 1 amide bonds. The molecule has 2 fully saturated rings. The van der Waals surface area contributed by atoms with Crippen LogP contribution in [0.5, 0.6) is 0 Å². The van der Waals surface area contributed by atoms with Gasteiger partial charge in [-0.15, -0.1) is 23.2 Å². The fourth-order valence-electron chi connectivity index (χ4n) is 8.74. The van der Waals surface area contributed by atoms with Gasteiger partial charge in [0.05, 0.1) is 5.92 Å². The molecule has 2 aliphatic carbocycles. The Morgan fingerprint density at radius 2 is 1.06 bits per heavy atom. The number of nitrogens with zero attached hydrogens (tertiary/aromatic N) is 2. The fourth-order valence-corrected chi connectivity index (χ4v) is 9.13. The zero-order valence-corrected chi connectivity index (χ0v) is 49.6. The molecule has 2 aliphatic rings. The van der Waals surface area contributed by atoms with Gasteiger partial charge in [-0.2, -0.15) is 9.59 Å². The third kappa shape index (κ3) is 23.2. The van der Waals surface area contributed by atoms with Gasteiger partial charge in [0, 0.05) is 59.4 Å². The quantitative estimate of drug-likeness (QED) is 0.0605. The molecule has 0 heterocycles. The number of carboxylic acids is 1. The Bertz CT molecular complexity index is 2870. The summed E-state index contributed by atoms with van der Waals surface area (Å²) in [5, 5.41) is 8.98. The van der Waals surface area contributed by atoms with Crippen molar-refractivity contribution in [2.45, 2.75) is 110 Å². The van der Waals surface area contributed by atoms with Crippen LogP contribution in [-0.4, -0.2) is 68.5 Å². The van der Waals surface area contributed by atoms with Crippen molar-refractivity contribution in [1.82, 2.24) is 4.90 Å². The molecular weight excluding hydrogens is 1110 g/mol. The highest BCUT2D eigenvalue weighted by atomic mass is 35.5. The van der Waals surface area contributed by atoms with Crippen molar-refractivity contribution in [3.8, 4) is 0 Å². The summed E-state index contributed by atoms with van der Waals surface area (Å²) in [7, 11) is 0. The van der Waals surface area contributed by atoms with Gasteiger partial charge < -0.3 is 25.3 Å². The van der Waals surface area contributed by atoms with E-state index in [9.17, 15) is 24.0 Å². The van der Waals surface area contributed by atoms with Crippen LogP contribution in [0.25, 0.3) is 4.85 Å². The largest absolute Gasteiger partial charge is 0.480 e. The Kier molecular flexibility index (Phi) is 29.0. The predicted octanol–water partition coefficient (Wildman–Crippen LogP) is 14.4. The molecule has 6 aromatic carbocycles. The summed E-state index contributed by atoms with van der Waals surface area (Å²) in [6, 6.07) is 54.9. The molecule has 81 heavy (non-hydrogen) atoms. The number of nitrogens with two attached hydrogens (primary N) is 1. The molecule has 0 bridgehead atoms. The van der Waals surface area contributed by atoms with E-state index in [0.717, 1.165) is 38.4 Å². The molecular formula is C65H71Cl4N3O9. The molecule has 6 aromatic rings. The molecule has 12 nitrogen and oxygen atoms in total. The van der Waals surface area contributed by atoms with Crippen LogP contribution in [0.3, 0.4) is 0 Å². The molecule has 2 saturated carbocycles. The fraction of sp³-hybridized carbons (Fsp3) is 0.338. The van der Waals surface area contributed by atoms with Crippen LogP contribution >= 0.6 is 46.4 Å². The van der Waals surface area contributed by atoms with E-state index < -0.39 is 17.1 Å². The van der Waals surface area contributed by atoms with E-state index in [0.29, 0.717) is 56.1 Å². The summed E-state index contributed by atoms with van der Waals surface area (Å²) < 4.78 is 5.10. The minimum Gasteiger partial charge on any atom is -0.480 e. The van der Waals surface area contributed by atoms with Crippen LogP contribution < -0.4 is 5.73 Å². The maximum absolute atomic E-state index is 14.4. The number of benzene rings is 6. The van der Waals surface area contributed by atoms with Gasteiger partial charge in [0.15, 0.2) is 5.78 Å². The number of alkyl halides is 2. The average Bonchev–Trinajstić information content (AvgIpc) is 3.50. The maximum Gasteiger partial charge on any atom is 0.373 e. The van der Waals surface area contributed by atoms with Gasteiger partial charge >= 0.3 is 18.1 Å². The van der Waals surface area contributed by atoms with Gasteiger partial charge in [-0.05, 0) is 91.5 Å². The summed E-state index contributed by atoms with van der Waals surface area (Å²) >= 11 is 22.6. The van der Waals surface area contributed by atoms with Gasteiger partial charge in [0.1, 0.15) is 28.7 Å². The van der Waals surface area contributed by atoms with Crippen molar-refractivity contribution in [2.24, 2.45) is 23.0 Å². The number of hydrogen-bond donors (Lipinski definition) is 2. The van der Waals surface area contributed by atoms with Crippen LogP contribution in [0.15, 0.2) is 170 Å². The number of halogens is 4. The molecule has 0 radical (unpaired) electrons. The first-order valence-electron chi connectivity index (χ1n) is 26.1.